The second-order valence-corrected chi connectivity index (χ2v) is 0. The van der Waals surface area contributed by atoms with Gasteiger partial charge in [-0.3, -0.25) is 0 Å². The van der Waals surface area contributed by atoms with Gasteiger partial charge in [0.1, 0.15) is 0 Å². The van der Waals surface area contributed by atoms with E-state index in [0.717, 1.165) is 0 Å². The predicted octanol–water partition coefficient (Wildman–Crippen LogP) is -1.84. The zero-order valence-electron chi connectivity index (χ0n) is 2.86. The Balaban J connectivity index is -0.00000000500. The third-order valence-corrected chi connectivity index (χ3v) is 0. The summed E-state index contributed by atoms with van der Waals surface area (Å²) in [6, 6.07) is 0. The molecule has 0 saturated heterocycles. The monoisotopic (exact) mass is 340 g/mol. The second kappa shape index (κ2) is 17.7. The second-order valence-electron chi connectivity index (χ2n) is 0. The van der Waals surface area contributed by atoms with Crippen LogP contribution in [0.5, 0.6) is 0 Å². The van der Waals surface area contributed by atoms with Gasteiger partial charge in [-0.25, -0.2) is 0 Å². The van der Waals surface area contributed by atoms with Gasteiger partial charge in [0.05, 0.1) is 0 Å². The van der Waals surface area contributed by atoms with Crippen molar-refractivity contribution in [2.75, 3.05) is 0 Å². The summed E-state index contributed by atoms with van der Waals surface area (Å²) in [5, 5.41) is 0. The fourth-order valence-electron chi connectivity index (χ4n) is 0. The van der Waals surface area contributed by atoms with Crippen LogP contribution in [0.3, 0.4) is 0 Å². The summed E-state index contributed by atoms with van der Waals surface area (Å²) in [6.45, 7) is 0. The summed E-state index contributed by atoms with van der Waals surface area (Å²) >= 11 is 1.89. The summed E-state index contributed by atoms with van der Waals surface area (Å²) in [5.74, 6) is 0. The zero-order chi connectivity index (χ0) is 2.00. The van der Waals surface area contributed by atoms with Crippen LogP contribution in [-0.2, 0) is 46.8 Å². The summed E-state index contributed by atoms with van der Waals surface area (Å²) in [4.78, 5) is 0. The summed E-state index contributed by atoms with van der Waals surface area (Å²) < 4.78 is 0. The summed E-state index contributed by atoms with van der Waals surface area (Å²) in [7, 11) is 1.36. The summed E-state index contributed by atoms with van der Waals surface area (Å²) in [6.07, 6.45) is 0. The Kier molecular flexibility index (Phi) is 70.7. The molecule has 0 atom stereocenters. The van der Waals surface area contributed by atoms with Crippen LogP contribution in [0.4, 0.5) is 0 Å². The van der Waals surface area contributed by atoms with Crippen LogP contribution in [0.15, 0.2) is 0 Å². The zero-order valence-corrected chi connectivity index (χ0v) is 14.4. The van der Waals surface area contributed by atoms with Crippen molar-refractivity contribution in [1.82, 2.24) is 0 Å². The molecule has 0 aromatic carbocycles. The molecule has 0 heterocycles. The Morgan fingerprint density at radius 1 is 1.25 bits per heavy atom. The Hall–Kier alpha value is 2.55. The maximum atomic E-state index is 1.89. The molecule has 0 aromatic rings. The van der Waals surface area contributed by atoms with Gasteiger partial charge >= 0.3 is 29.3 Å². The maximum absolute atomic E-state index is 1.89. The minimum atomic E-state index is 0. The van der Waals surface area contributed by atoms with Crippen molar-refractivity contribution in [1.29, 1.82) is 0 Å². The molecule has 0 fully saturated rings. The molecule has 0 aliphatic rings. The normalized spacial score (nSPS) is 2.25. The molecule has 0 aliphatic carbocycles. The fourth-order valence-corrected chi connectivity index (χ4v) is 0. The van der Waals surface area contributed by atoms with Crippen LogP contribution in [-0.4, -0.2) is 29.3 Å². The molecule has 0 bridgehead atoms. The largest absolute Gasteiger partial charge is 0 e. The third kappa shape index (κ3) is 8.82. The van der Waals surface area contributed by atoms with Crippen LogP contribution in [0.25, 0.3) is 0 Å². The molecule has 0 nitrogen and oxygen atoms in total. The van der Waals surface area contributed by atoms with E-state index in [-0.39, 0.29) is 46.8 Å². The van der Waals surface area contributed by atoms with Crippen molar-refractivity contribution in [3.05, 3.63) is 0 Å². The van der Waals surface area contributed by atoms with Gasteiger partial charge in [-0.15, -0.1) is 0 Å². The third-order valence-electron chi connectivity index (χ3n) is 0. The van der Waals surface area contributed by atoms with E-state index in [1.54, 1.807) is 0 Å². The first-order valence-corrected chi connectivity index (χ1v) is 9.00. The van der Waals surface area contributed by atoms with Crippen LogP contribution < -0.4 is 0 Å². The standard InChI is InChI=1S/Cd.H4SiTe.Zn/c;1-2;/h;2H,1H3;. The number of hydrogen-bond acceptors (Lipinski definition) is 0. The van der Waals surface area contributed by atoms with E-state index in [1.165, 1.54) is 7.79 Å². The Morgan fingerprint density at radius 2 is 1.25 bits per heavy atom. The molecule has 18 valence electrons. The SMILES string of the molecule is [Cd].[SiH3][TeH].[Zn]. The summed E-state index contributed by atoms with van der Waals surface area (Å²) in [5.41, 5.74) is 0. The van der Waals surface area contributed by atoms with Gasteiger partial charge in [0.2, 0.25) is 0 Å². The average Bonchev–Trinajstić information content (AvgIpc) is 1.00. The van der Waals surface area contributed by atoms with Crippen LogP contribution in [0, 0.1) is 0 Å². The minimum absolute atomic E-state index is 0. The van der Waals surface area contributed by atoms with Crippen molar-refractivity contribution in [3.63, 3.8) is 0 Å². The topological polar surface area (TPSA) is 0 Å². The van der Waals surface area contributed by atoms with Gasteiger partial charge in [0.15, 0.2) is 0 Å². The maximum Gasteiger partial charge on any atom is 0 e. The Bertz CT molecular complexity index is 8.00. The molecule has 0 aromatic heterocycles. The molecule has 0 unspecified atom stereocenters. The molecule has 0 saturated carbocycles. The first-order valence-electron chi connectivity index (χ1n) is 0.447. The van der Waals surface area contributed by atoms with Gasteiger partial charge < -0.3 is 0 Å². The quantitative estimate of drug-likeness (QED) is 0.456. The smallest absolute Gasteiger partial charge is 0 e. The number of hydrogen-bond donors (Lipinski definition) is 0. The minimum Gasteiger partial charge on any atom is 0 e. The average molecular weight is 338 g/mol. The van der Waals surface area contributed by atoms with Crippen LogP contribution >= 0.6 is 0 Å². The molecule has 0 aliphatic heterocycles. The van der Waals surface area contributed by atoms with Crippen molar-refractivity contribution in [2.45, 2.75) is 0 Å². The molecule has 0 N–H and O–H groups in total. The molecule has 4 heavy (non-hydrogen) atoms. The van der Waals surface area contributed by atoms with Crippen molar-refractivity contribution >= 4 is 29.3 Å². The van der Waals surface area contributed by atoms with Crippen LogP contribution in [0.1, 0.15) is 0 Å². The van der Waals surface area contributed by atoms with E-state index in [0.29, 0.717) is 0 Å². The fraction of sp³-hybridized carbons (Fsp3) is 0. The van der Waals surface area contributed by atoms with Crippen molar-refractivity contribution in [2.24, 2.45) is 0 Å². The van der Waals surface area contributed by atoms with Gasteiger partial charge in [-0.1, -0.05) is 0 Å². The van der Waals surface area contributed by atoms with Gasteiger partial charge in [0, 0.05) is 46.8 Å². The van der Waals surface area contributed by atoms with Crippen LogP contribution in [0.2, 0.25) is 0 Å². The molecular formula is H4CdSiTeZn. The molecule has 0 radical (unpaired) electrons. The molecule has 4 heteroatoms. The molecule has 0 spiro atoms. The predicted molar refractivity (Wildman–Crippen MR) is 17.1 cm³/mol. The molecular weight excluding hydrogens is 333 g/mol. The Labute approximate surface area is 74.8 Å². The van der Waals surface area contributed by atoms with E-state index < -0.39 is 0 Å². The van der Waals surface area contributed by atoms with Gasteiger partial charge in [-0.05, 0) is 0 Å². The van der Waals surface area contributed by atoms with Crippen molar-refractivity contribution in [3.8, 4) is 0 Å². The van der Waals surface area contributed by atoms with E-state index in [9.17, 15) is 0 Å². The van der Waals surface area contributed by atoms with Gasteiger partial charge in [0.25, 0.3) is 0 Å². The van der Waals surface area contributed by atoms with E-state index in [4.69, 9.17) is 0 Å². The molecule has 0 amide bonds. The van der Waals surface area contributed by atoms with E-state index in [1.807, 2.05) is 21.5 Å². The first-order chi connectivity index (χ1) is 1.00. The first kappa shape index (κ1) is 16.0. The van der Waals surface area contributed by atoms with E-state index in [2.05, 4.69) is 0 Å². The van der Waals surface area contributed by atoms with Crippen molar-refractivity contribution < 1.29 is 46.8 Å². The number of rotatable bonds is 0. The Morgan fingerprint density at radius 3 is 1.25 bits per heavy atom. The molecule has 0 rings (SSSR count). The van der Waals surface area contributed by atoms with E-state index >= 15 is 0 Å². The van der Waals surface area contributed by atoms with Gasteiger partial charge in [-0.2, -0.15) is 0 Å².